The van der Waals surface area contributed by atoms with Gasteiger partial charge in [-0.25, -0.2) is 0 Å². The number of amides is 1. The lowest BCUT2D eigenvalue weighted by molar-refractivity contribution is -0.131. The highest BCUT2D eigenvalue weighted by atomic mass is 32.2. The molecule has 0 atom stereocenters. The lowest BCUT2D eigenvalue weighted by atomic mass is 10.1. The van der Waals surface area contributed by atoms with Gasteiger partial charge in [-0.15, -0.1) is 0 Å². The van der Waals surface area contributed by atoms with Gasteiger partial charge in [-0.1, -0.05) is 12.1 Å². The largest absolute Gasteiger partial charge is 0.378 e. The van der Waals surface area contributed by atoms with Gasteiger partial charge in [-0.3, -0.25) is 4.79 Å². The van der Waals surface area contributed by atoms with Crippen LogP contribution in [0.4, 0.5) is 5.69 Å². The number of nitrogens with zero attached hydrogens (tertiary/aromatic N) is 2. The molecule has 0 unspecified atom stereocenters. The van der Waals surface area contributed by atoms with Crippen LogP contribution in [0.1, 0.15) is 18.4 Å². The molecule has 1 aliphatic rings. The van der Waals surface area contributed by atoms with E-state index < -0.39 is 0 Å². The first-order chi connectivity index (χ1) is 9.58. The lowest BCUT2D eigenvalue weighted by Crippen LogP contribution is -2.40. The first kappa shape index (κ1) is 15.2. The van der Waals surface area contributed by atoms with Gasteiger partial charge in [0.2, 0.25) is 5.91 Å². The number of likely N-dealkylation sites (N-methyl/N-ethyl adjacent to an activating group) is 1. The van der Waals surface area contributed by atoms with Gasteiger partial charge in [0, 0.05) is 32.9 Å². The van der Waals surface area contributed by atoms with E-state index in [0.29, 0.717) is 12.5 Å². The number of hydrogen-bond acceptors (Lipinski definition) is 3. The molecule has 0 spiro atoms. The van der Waals surface area contributed by atoms with Crippen molar-refractivity contribution in [3.05, 3.63) is 29.8 Å². The standard InChI is InChI=1S/C16H24N2OS/c1-17(2)14-6-4-13(5-7-14)12-16(19)18(3)15-8-10-20-11-9-15/h4-7,15H,8-12H2,1-3H3. The average Bonchev–Trinajstić information content (AvgIpc) is 2.48. The van der Waals surface area contributed by atoms with Gasteiger partial charge < -0.3 is 9.80 Å². The van der Waals surface area contributed by atoms with E-state index in [1.54, 1.807) is 0 Å². The van der Waals surface area contributed by atoms with Gasteiger partial charge in [0.1, 0.15) is 0 Å². The first-order valence-corrected chi connectivity index (χ1v) is 8.33. The van der Waals surface area contributed by atoms with Gasteiger partial charge in [-0.2, -0.15) is 11.8 Å². The Morgan fingerprint density at radius 3 is 2.30 bits per heavy atom. The zero-order valence-corrected chi connectivity index (χ0v) is 13.4. The Kier molecular flexibility index (Phi) is 5.35. The molecular weight excluding hydrogens is 268 g/mol. The van der Waals surface area contributed by atoms with E-state index in [4.69, 9.17) is 0 Å². The Hall–Kier alpha value is -1.16. The van der Waals surface area contributed by atoms with Crippen LogP contribution in [0.2, 0.25) is 0 Å². The highest BCUT2D eigenvalue weighted by molar-refractivity contribution is 7.99. The van der Waals surface area contributed by atoms with Crippen LogP contribution in [0, 0.1) is 0 Å². The van der Waals surface area contributed by atoms with E-state index in [-0.39, 0.29) is 5.91 Å². The van der Waals surface area contributed by atoms with Gasteiger partial charge in [-0.05, 0) is 42.0 Å². The maximum absolute atomic E-state index is 12.3. The van der Waals surface area contributed by atoms with Gasteiger partial charge in [0.05, 0.1) is 6.42 Å². The predicted octanol–water partition coefficient (Wildman–Crippen LogP) is 2.65. The number of rotatable bonds is 4. The van der Waals surface area contributed by atoms with Crippen LogP contribution >= 0.6 is 11.8 Å². The Morgan fingerprint density at radius 1 is 1.15 bits per heavy atom. The van der Waals surface area contributed by atoms with Crippen molar-refractivity contribution in [3.8, 4) is 0 Å². The number of hydrogen-bond donors (Lipinski definition) is 0. The molecule has 110 valence electrons. The zero-order chi connectivity index (χ0) is 14.5. The fourth-order valence-electron chi connectivity index (χ4n) is 2.49. The van der Waals surface area contributed by atoms with Crippen LogP contribution in [-0.2, 0) is 11.2 Å². The summed E-state index contributed by atoms with van der Waals surface area (Å²) in [7, 11) is 6.00. The third-order valence-electron chi connectivity index (χ3n) is 3.94. The minimum Gasteiger partial charge on any atom is -0.378 e. The van der Waals surface area contributed by atoms with Crippen LogP contribution in [0.3, 0.4) is 0 Å². The summed E-state index contributed by atoms with van der Waals surface area (Å²) in [6, 6.07) is 8.68. The second-order valence-electron chi connectivity index (χ2n) is 5.59. The van der Waals surface area contributed by atoms with Crippen LogP contribution < -0.4 is 4.90 Å². The molecule has 3 nitrogen and oxygen atoms in total. The van der Waals surface area contributed by atoms with Crippen molar-refractivity contribution < 1.29 is 4.79 Å². The summed E-state index contributed by atoms with van der Waals surface area (Å²) >= 11 is 1.99. The summed E-state index contributed by atoms with van der Waals surface area (Å²) in [5.74, 6) is 2.60. The summed E-state index contributed by atoms with van der Waals surface area (Å²) in [4.78, 5) is 16.4. The molecule has 1 heterocycles. The van der Waals surface area contributed by atoms with E-state index in [2.05, 4.69) is 29.2 Å². The summed E-state index contributed by atoms with van der Waals surface area (Å²) in [5.41, 5.74) is 2.26. The van der Waals surface area contributed by atoms with Crippen molar-refractivity contribution in [2.45, 2.75) is 25.3 Å². The highest BCUT2D eigenvalue weighted by Gasteiger charge is 2.22. The third-order valence-corrected chi connectivity index (χ3v) is 4.99. The second kappa shape index (κ2) is 7.02. The molecule has 1 amide bonds. The molecule has 1 fully saturated rings. The van der Waals surface area contributed by atoms with Crippen molar-refractivity contribution in [2.75, 3.05) is 37.5 Å². The fourth-order valence-corrected chi connectivity index (χ4v) is 3.57. The molecule has 1 aromatic rings. The number of carbonyl (C=O) groups excluding carboxylic acids is 1. The summed E-state index contributed by atoms with van der Waals surface area (Å²) in [6.45, 7) is 0. The predicted molar refractivity (Wildman–Crippen MR) is 87.6 cm³/mol. The highest BCUT2D eigenvalue weighted by Crippen LogP contribution is 2.21. The van der Waals surface area contributed by atoms with E-state index >= 15 is 0 Å². The number of anilines is 1. The van der Waals surface area contributed by atoms with Gasteiger partial charge >= 0.3 is 0 Å². The Morgan fingerprint density at radius 2 is 1.75 bits per heavy atom. The molecule has 0 radical (unpaired) electrons. The Bertz CT molecular complexity index is 438. The first-order valence-electron chi connectivity index (χ1n) is 7.17. The minimum absolute atomic E-state index is 0.236. The number of carbonyl (C=O) groups is 1. The average molecular weight is 292 g/mol. The quantitative estimate of drug-likeness (QED) is 0.852. The van der Waals surface area contributed by atoms with Crippen LogP contribution in [0.25, 0.3) is 0 Å². The Balaban J connectivity index is 1.92. The van der Waals surface area contributed by atoms with Gasteiger partial charge in [0.25, 0.3) is 0 Å². The monoisotopic (exact) mass is 292 g/mol. The number of thioether (sulfide) groups is 1. The molecule has 0 bridgehead atoms. The van der Waals surface area contributed by atoms with E-state index in [0.717, 1.165) is 18.4 Å². The molecule has 2 rings (SSSR count). The van der Waals surface area contributed by atoms with Crippen molar-refractivity contribution in [3.63, 3.8) is 0 Å². The van der Waals surface area contributed by atoms with Crippen molar-refractivity contribution in [2.24, 2.45) is 0 Å². The SMILES string of the molecule is CN(C)c1ccc(CC(=O)N(C)C2CCSCC2)cc1. The maximum atomic E-state index is 12.3. The van der Waals surface area contributed by atoms with E-state index in [1.165, 1.54) is 17.2 Å². The normalized spacial score (nSPS) is 15.9. The smallest absolute Gasteiger partial charge is 0.226 e. The molecule has 1 aliphatic heterocycles. The van der Waals surface area contributed by atoms with Crippen LogP contribution in [0.15, 0.2) is 24.3 Å². The third kappa shape index (κ3) is 3.92. The molecular formula is C16H24N2OS. The zero-order valence-electron chi connectivity index (χ0n) is 12.6. The summed E-state index contributed by atoms with van der Waals surface area (Å²) < 4.78 is 0. The molecule has 20 heavy (non-hydrogen) atoms. The van der Waals surface area contributed by atoms with E-state index in [9.17, 15) is 4.79 Å². The van der Waals surface area contributed by atoms with Crippen LogP contribution in [0.5, 0.6) is 0 Å². The summed E-state index contributed by atoms with van der Waals surface area (Å²) in [5, 5.41) is 0. The fraction of sp³-hybridized carbons (Fsp3) is 0.562. The molecule has 1 aromatic carbocycles. The molecule has 4 heteroatoms. The molecule has 0 N–H and O–H groups in total. The Labute approximate surface area is 126 Å². The molecule has 0 aromatic heterocycles. The second-order valence-corrected chi connectivity index (χ2v) is 6.81. The summed E-state index contributed by atoms with van der Waals surface area (Å²) in [6.07, 6.45) is 2.77. The molecule has 0 aliphatic carbocycles. The van der Waals surface area contributed by atoms with Crippen molar-refractivity contribution >= 4 is 23.4 Å². The maximum Gasteiger partial charge on any atom is 0.226 e. The minimum atomic E-state index is 0.236. The topological polar surface area (TPSA) is 23.6 Å². The van der Waals surface area contributed by atoms with Gasteiger partial charge in [0.15, 0.2) is 0 Å². The van der Waals surface area contributed by atoms with Crippen molar-refractivity contribution in [1.82, 2.24) is 4.90 Å². The molecule has 0 saturated carbocycles. The molecule has 1 saturated heterocycles. The lowest BCUT2D eigenvalue weighted by Gasteiger charge is -2.31. The van der Waals surface area contributed by atoms with Crippen LogP contribution in [-0.4, -0.2) is 49.5 Å². The van der Waals surface area contributed by atoms with Crippen molar-refractivity contribution in [1.29, 1.82) is 0 Å². The number of benzene rings is 1. The van der Waals surface area contributed by atoms with E-state index in [1.807, 2.05) is 37.8 Å².